The first-order chi connectivity index (χ1) is 6.74. The molecule has 0 saturated carbocycles. The zero-order chi connectivity index (χ0) is 10.1. The molecule has 2 bridgehead atoms. The number of azide groups is 1. The maximum absolute atomic E-state index is 11.9. The fourth-order valence-electron chi connectivity index (χ4n) is 2.36. The van der Waals surface area contributed by atoms with Crippen molar-refractivity contribution in [3.63, 3.8) is 0 Å². The molecule has 78 valence electrons. The summed E-state index contributed by atoms with van der Waals surface area (Å²) in [7, 11) is -0.894. The van der Waals surface area contributed by atoms with Crippen molar-refractivity contribution >= 4 is 22.4 Å². The molecule has 0 amide bonds. The summed E-state index contributed by atoms with van der Waals surface area (Å²) in [5.41, 5.74) is 8.39. The van der Waals surface area contributed by atoms with E-state index >= 15 is 0 Å². The van der Waals surface area contributed by atoms with Crippen LogP contribution in [-0.4, -0.2) is 26.1 Å². The lowest BCUT2D eigenvalue weighted by molar-refractivity contribution is 0.425. The van der Waals surface area contributed by atoms with Crippen LogP contribution in [0.15, 0.2) is 5.11 Å². The van der Waals surface area contributed by atoms with Crippen LogP contribution in [0.3, 0.4) is 0 Å². The predicted octanol–water partition coefficient (Wildman–Crippen LogP) is 2.35. The standard InChI is InChI=1S/C8H12ClN3OS/c9-5-1-3-8-6(11-12-10)2-4-7(5)14(8)13/h5-8H,1-4H2/t5-,6-,7-,8-,14?/m1/s1. The molecule has 4 nitrogen and oxygen atoms in total. The Balaban J connectivity index is 2.19. The molecule has 0 aliphatic carbocycles. The average molecular weight is 234 g/mol. The molecule has 0 aromatic rings. The molecule has 6 heteroatoms. The van der Waals surface area contributed by atoms with E-state index < -0.39 is 10.8 Å². The summed E-state index contributed by atoms with van der Waals surface area (Å²) < 4.78 is 11.9. The van der Waals surface area contributed by atoms with E-state index in [0.717, 1.165) is 25.7 Å². The lowest BCUT2D eigenvalue weighted by Gasteiger charge is -2.39. The van der Waals surface area contributed by atoms with Crippen molar-refractivity contribution < 1.29 is 4.21 Å². The van der Waals surface area contributed by atoms with Gasteiger partial charge < -0.3 is 0 Å². The fourth-order valence-corrected chi connectivity index (χ4v) is 5.03. The number of fused-ring (bicyclic) bond motifs is 2. The molecule has 5 atom stereocenters. The van der Waals surface area contributed by atoms with Gasteiger partial charge in [0.25, 0.3) is 0 Å². The van der Waals surface area contributed by atoms with Crippen LogP contribution in [0, 0.1) is 0 Å². The third-order valence-corrected chi connectivity index (χ3v) is 6.08. The van der Waals surface area contributed by atoms with Gasteiger partial charge in [-0.1, -0.05) is 5.11 Å². The number of halogens is 1. The monoisotopic (exact) mass is 233 g/mol. The Morgan fingerprint density at radius 1 is 1.29 bits per heavy atom. The minimum absolute atomic E-state index is 0.0547. The SMILES string of the molecule is [N-]=[N+]=N[C@@H]1CC[C@@H]2[C@H](Cl)CC[C@H]1S2=O. The summed E-state index contributed by atoms with van der Waals surface area (Å²) in [4.78, 5) is 2.82. The van der Waals surface area contributed by atoms with Gasteiger partial charge in [0.2, 0.25) is 0 Å². The molecule has 0 radical (unpaired) electrons. The summed E-state index contributed by atoms with van der Waals surface area (Å²) in [6.45, 7) is 0. The third kappa shape index (κ3) is 1.64. The second kappa shape index (κ2) is 4.09. The molecule has 2 fully saturated rings. The number of alkyl halides is 1. The van der Waals surface area contributed by atoms with Crippen molar-refractivity contribution in [2.24, 2.45) is 5.11 Å². The molecule has 2 aliphatic rings. The first-order valence-corrected chi connectivity index (χ1v) is 6.53. The Kier molecular flexibility index (Phi) is 3.00. The predicted molar refractivity (Wildman–Crippen MR) is 56.8 cm³/mol. The summed E-state index contributed by atoms with van der Waals surface area (Å²) in [5.74, 6) is 0. The highest BCUT2D eigenvalue weighted by atomic mass is 35.5. The summed E-state index contributed by atoms with van der Waals surface area (Å²) in [6.07, 6.45) is 3.41. The largest absolute Gasteiger partial charge is 0.259 e. The maximum atomic E-state index is 11.9. The van der Waals surface area contributed by atoms with Gasteiger partial charge in [-0.2, -0.15) is 0 Å². The lowest BCUT2D eigenvalue weighted by Crippen LogP contribution is -2.48. The minimum Gasteiger partial charge on any atom is -0.259 e. The summed E-state index contributed by atoms with van der Waals surface area (Å²) in [6, 6.07) is -0.0683. The number of hydrogen-bond donors (Lipinski definition) is 0. The van der Waals surface area contributed by atoms with Crippen molar-refractivity contribution in [2.75, 3.05) is 0 Å². The van der Waals surface area contributed by atoms with E-state index in [1.165, 1.54) is 0 Å². The van der Waals surface area contributed by atoms with Gasteiger partial charge in [-0.3, -0.25) is 4.21 Å². The molecule has 1 unspecified atom stereocenters. The van der Waals surface area contributed by atoms with Gasteiger partial charge >= 0.3 is 0 Å². The third-order valence-electron chi connectivity index (χ3n) is 3.10. The normalized spacial score (nSPS) is 46.8. The molecular formula is C8H12ClN3OS. The number of rotatable bonds is 1. The Morgan fingerprint density at radius 2 is 2.00 bits per heavy atom. The highest BCUT2D eigenvalue weighted by Crippen LogP contribution is 2.37. The van der Waals surface area contributed by atoms with Crippen LogP contribution in [0.1, 0.15) is 25.7 Å². The number of nitrogens with zero attached hydrogens (tertiary/aromatic N) is 3. The molecule has 2 aliphatic heterocycles. The highest BCUT2D eigenvalue weighted by Gasteiger charge is 2.43. The van der Waals surface area contributed by atoms with Crippen LogP contribution in [0.25, 0.3) is 10.4 Å². The zero-order valence-corrected chi connectivity index (χ0v) is 9.25. The van der Waals surface area contributed by atoms with Gasteiger partial charge in [0.1, 0.15) is 0 Å². The highest BCUT2D eigenvalue weighted by molar-refractivity contribution is 7.86. The van der Waals surface area contributed by atoms with Crippen molar-refractivity contribution in [1.82, 2.24) is 0 Å². The van der Waals surface area contributed by atoms with E-state index in [1.54, 1.807) is 0 Å². The van der Waals surface area contributed by atoms with Crippen LogP contribution in [0.5, 0.6) is 0 Å². The molecule has 2 saturated heterocycles. The summed E-state index contributed by atoms with van der Waals surface area (Å²) >= 11 is 6.11. The van der Waals surface area contributed by atoms with Crippen molar-refractivity contribution in [3.8, 4) is 0 Å². The fraction of sp³-hybridized carbons (Fsp3) is 1.00. The van der Waals surface area contributed by atoms with Crippen molar-refractivity contribution in [1.29, 1.82) is 0 Å². The van der Waals surface area contributed by atoms with Gasteiger partial charge in [-0.15, -0.1) is 11.6 Å². The molecule has 0 aromatic carbocycles. The van der Waals surface area contributed by atoms with Gasteiger partial charge in [0, 0.05) is 26.3 Å². The Bertz CT molecular complexity index is 305. The molecule has 2 rings (SSSR count). The molecule has 2 heterocycles. The quantitative estimate of drug-likeness (QED) is 0.297. The lowest BCUT2D eigenvalue weighted by atomic mass is 9.95. The second-order valence-corrected chi connectivity index (χ2v) is 6.28. The minimum atomic E-state index is -0.894. The van der Waals surface area contributed by atoms with E-state index in [4.69, 9.17) is 17.1 Å². The second-order valence-electron chi connectivity index (χ2n) is 3.85. The summed E-state index contributed by atoms with van der Waals surface area (Å²) in [5, 5.41) is 3.96. The Labute approximate surface area is 90.1 Å². The Hall–Kier alpha value is -0.250. The smallest absolute Gasteiger partial charge is 0.0518 e. The van der Waals surface area contributed by atoms with E-state index in [1.807, 2.05) is 0 Å². The van der Waals surface area contributed by atoms with Gasteiger partial charge in [-0.05, 0) is 31.2 Å². The molecular weight excluding hydrogens is 222 g/mol. The maximum Gasteiger partial charge on any atom is 0.0518 e. The first kappa shape index (κ1) is 10.3. The molecule has 0 aromatic heterocycles. The molecule has 0 N–H and O–H groups in total. The average Bonchev–Trinajstić information content (AvgIpc) is 2.15. The number of hydrogen-bond acceptors (Lipinski definition) is 2. The van der Waals surface area contributed by atoms with E-state index in [2.05, 4.69) is 10.0 Å². The van der Waals surface area contributed by atoms with E-state index in [9.17, 15) is 4.21 Å². The van der Waals surface area contributed by atoms with Gasteiger partial charge in [0.05, 0.1) is 11.3 Å². The van der Waals surface area contributed by atoms with Gasteiger partial charge in [-0.25, -0.2) is 0 Å². The van der Waals surface area contributed by atoms with Crippen LogP contribution in [0.4, 0.5) is 0 Å². The van der Waals surface area contributed by atoms with E-state index in [0.29, 0.717) is 0 Å². The molecule has 14 heavy (non-hydrogen) atoms. The zero-order valence-electron chi connectivity index (χ0n) is 7.67. The van der Waals surface area contributed by atoms with Crippen LogP contribution < -0.4 is 0 Å². The topological polar surface area (TPSA) is 65.8 Å². The van der Waals surface area contributed by atoms with Crippen LogP contribution in [-0.2, 0) is 10.8 Å². The van der Waals surface area contributed by atoms with Crippen molar-refractivity contribution in [2.45, 2.75) is 47.6 Å². The first-order valence-electron chi connectivity index (χ1n) is 4.81. The molecule has 0 spiro atoms. The van der Waals surface area contributed by atoms with Crippen molar-refractivity contribution in [3.05, 3.63) is 10.4 Å². The van der Waals surface area contributed by atoms with E-state index in [-0.39, 0.29) is 21.9 Å². The van der Waals surface area contributed by atoms with Crippen LogP contribution in [0.2, 0.25) is 0 Å². The van der Waals surface area contributed by atoms with Crippen LogP contribution >= 0.6 is 11.6 Å². The Morgan fingerprint density at radius 3 is 2.71 bits per heavy atom. The van der Waals surface area contributed by atoms with Gasteiger partial charge in [0.15, 0.2) is 0 Å².